The molecule has 0 spiro atoms. The SMILES string of the molecule is CC(C)(C)C1CC1.CC(C)(C1CC1)C1CC1. The maximum absolute atomic E-state index is 2.46. The Kier molecular flexibility index (Phi) is 3.14. The smallest absolute Gasteiger partial charge is 0.0298 e. The Morgan fingerprint density at radius 2 is 0.875 bits per heavy atom. The van der Waals surface area contributed by atoms with Crippen LogP contribution in [0.15, 0.2) is 0 Å². The van der Waals surface area contributed by atoms with Crippen molar-refractivity contribution >= 4 is 0 Å². The second-order valence-corrected chi connectivity index (χ2v) is 8.01. The zero-order valence-corrected chi connectivity index (χ0v) is 12.0. The van der Waals surface area contributed by atoms with Gasteiger partial charge in [0.15, 0.2) is 0 Å². The van der Waals surface area contributed by atoms with Crippen molar-refractivity contribution in [3.05, 3.63) is 0 Å². The minimum Gasteiger partial charge on any atom is -0.0599 e. The average molecular weight is 222 g/mol. The van der Waals surface area contributed by atoms with Gasteiger partial charge in [-0.05, 0) is 67.1 Å². The number of rotatable bonds is 2. The summed E-state index contributed by atoms with van der Waals surface area (Å²) < 4.78 is 0. The van der Waals surface area contributed by atoms with Crippen LogP contribution in [0.2, 0.25) is 0 Å². The fourth-order valence-electron chi connectivity index (χ4n) is 2.94. The molecule has 3 aliphatic rings. The van der Waals surface area contributed by atoms with Gasteiger partial charge in [0, 0.05) is 0 Å². The van der Waals surface area contributed by atoms with Crippen molar-refractivity contribution in [1.82, 2.24) is 0 Å². The van der Waals surface area contributed by atoms with Gasteiger partial charge in [-0.3, -0.25) is 0 Å². The van der Waals surface area contributed by atoms with Crippen LogP contribution in [-0.4, -0.2) is 0 Å². The molecular weight excluding hydrogens is 192 g/mol. The number of hydrogen-bond donors (Lipinski definition) is 0. The van der Waals surface area contributed by atoms with Gasteiger partial charge in [0.25, 0.3) is 0 Å². The molecule has 0 aromatic carbocycles. The fourth-order valence-corrected chi connectivity index (χ4v) is 2.94. The first kappa shape index (κ1) is 12.5. The zero-order valence-electron chi connectivity index (χ0n) is 12.0. The van der Waals surface area contributed by atoms with Gasteiger partial charge >= 0.3 is 0 Å². The third kappa shape index (κ3) is 3.25. The van der Waals surface area contributed by atoms with Crippen molar-refractivity contribution in [2.45, 2.75) is 73.1 Å². The zero-order chi connectivity index (χ0) is 12.0. The van der Waals surface area contributed by atoms with Crippen LogP contribution >= 0.6 is 0 Å². The van der Waals surface area contributed by atoms with Crippen LogP contribution in [0, 0.1) is 28.6 Å². The molecule has 0 N–H and O–H groups in total. The molecule has 3 saturated carbocycles. The van der Waals surface area contributed by atoms with E-state index in [0.717, 1.165) is 23.2 Å². The average Bonchev–Trinajstić information content (AvgIpc) is 3.01. The summed E-state index contributed by atoms with van der Waals surface area (Å²) in [5, 5.41) is 0. The molecule has 0 aliphatic heterocycles. The molecule has 3 aliphatic carbocycles. The molecule has 0 radical (unpaired) electrons. The van der Waals surface area contributed by atoms with Crippen LogP contribution in [0.1, 0.15) is 73.1 Å². The molecule has 0 atom stereocenters. The molecule has 0 aromatic rings. The normalized spacial score (nSPS) is 26.1. The van der Waals surface area contributed by atoms with Gasteiger partial charge in [-0.15, -0.1) is 0 Å². The quantitative estimate of drug-likeness (QED) is 0.596. The third-order valence-electron chi connectivity index (χ3n) is 5.06. The Morgan fingerprint density at radius 1 is 0.562 bits per heavy atom. The Bertz CT molecular complexity index is 217. The highest BCUT2D eigenvalue weighted by Gasteiger charge is 2.47. The Labute approximate surface area is 102 Å². The minimum atomic E-state index is 0.611. The van der Waals surface area contributed by atoms with E-state index in [9.17, 15) is 0 Å². The minimum absolute atomic E-state index is 0.611. The lowest BCUT2D eigenvalue weighted by Crippen LogP contribution is -2.16. The first-order chi connectivity index (χ1) is 7.32. The molecule has 0 heterocycles. The summed E-state index contributed by atoms with van der Waals surface area (Å²) in [6, 6.07) is 0. The Morgan fingerprint density at radius 3 is 1.00 bits per heavy atom. The van der Waals surface area contributed by atoms with E-state index in [1.807, 2.05) is 0 Å². The van der Waals surface area contributed by atoms with E-state index in [1.165, 1.54) is 38.5 Å². The van der Waals surface area contributed by atoms with Crippen molar-refractivity contribution in [1.29, 1.82) is 0 Å². The van der Waals surface area contributed by atoms with Gasteiger partial charge < -0.3 is 0 Å². The monoisotopic (exact) mass is 222 g/mol. The molecule has 0 saturated heterocycles. The molecule has 0 nitrogen and oxygen atoms in total. The van der Waals surface area contributed by atoms with E-state index in [2.05, 4.69) is 34.6 Å². The lowest BCUT2D eigenvalue weighted by Gasteiger charge is -2.23. The first-order valence-electron chi connectivity index (χ1n) is 7.32. The summed E-state index contributed by atoms with van der Waals surface area (Å²) >= 11 is 0. The molecule has 94 valence electrons. The highest BCUT2D eigenvalue weighted by molar-refractivity contribution is 4.97. The van der Waals surface area contributed by atoms with Crippen LogP contribution in [0.4, 0.5) is 0 Å². The summed E-state index contributed by atoms with van der Waals surface area (Å²) in [4.78, 5) is 0. The predicted octanol–water partition coefficient (Wildman–Crippen LogP) is 5.28. The molecule has 3 rings (SSSR count). The van der Waals surface area contributed by atoms with Gasteiger partial charge in [0.1, 0.15) is 0 Å². The highest BCUT2D eigenvalue weighted by Crippen LogP contribution is 2.57. The summed E-state index contributed by atoms with van der Waals surface area (Å²) in [5.74, 6) is 3.25. The molecule has 0 aromatic heterocycles. The van der Waals surface area contributed by atoms with Gasteiger partial charge in [-0.2, -0.15) is 0 Å². The lowest BCUT2D eigenvalue weighted by molar-refractivity contribution is 0.260. The maximum Gasteiger partial charge on any atom is -0.0298 e. The molecule has 0 heteroatoms. The summed E-state index contributed by atoms with van der Waals surface area (Å²) in [6.45, 7) is 11.9. The molecular formula is C16H30. The molecule has 0 bridgehead atoms. The van der Waals surface area contributed by atoms with Crippen LogP contribution < -0.4 is 0 Å². The van der Waals surface area contributed by atoms with E-state index in [-0.39, 0.29) is 0 Å². The molecule has 3 fully saturated rings. The van der Waals surface area contributed by atoms with Crippen molar-refractivity contribution in [2.24, 2.45) is 28.6 Å². The van der Waals surface area contributed by atoms with Crippen LogP contribution in [0.3, 0.4) is 0 Å². The third-order valence-corrected chi connectivity index (χ3v) is 5.06. The van der Waals surface area contributed by atoms with Crippen LogP contribution in [-0.2, 0) is 0 Å². The van der Waals surface area contributed by atoms with E-state index in [4.69, 9.17) is 0 Å². The predicted molar refractivity (Wildman–Crippen MR) is 71.4 cm³/mol. The molecule has 0 amide bonds. The maximum atomic E-state index is 2.46. The molecule has 0 unspecified atom stereocenters. The number of hydrogen-bond acceptors (Lipinski definition) is 0. The van der Waals surface area contributed by atoms with E-state index < -0.39 is 0 Å². The Hall–Kier alpha value is 0. The second-order valence-electron chi connectivity index (χ2n) is 8.01. The van der Waals surface area contributed by atoms with Crippen molar-refractivity contribution in [3.63, 3.8) is 0 Å². The van der Waals surface area contributed by atoms with E-state index in [1.54, 1.807) is 0 Å². The topological polar surface area (TPSA) is 0 Å². The van der Waals surface area contributed by atoms with Gasteiger partial charge in [0.05, 0.1) is 0 Å². The van der Waals surface area contributed by atoms with Crippen molar-refractivity contribution in [3.8, 4) is 0 Å². The first-order valence-corrected chi connectivity index (χ1v) is 7.32. The standard InChI is InChI=1S/C9H16.C7H14/c1-9(2,7-3-4-7)8-5-6-8;1-7(2,3)6-4-5-6/h7-8H,3-6H2,1-2H3;6H,4-5H2,1-3H3. The van der Waals surface area contributed by atoms with Gasteiger partial charge in [-0.25, -0.2) is 0 Å². The fraction of sp³-hybridized carbons (Fsp3) is 1.00. The second kappa shape index (κ2) is 4.03. The van der Waals surface area contributed by atoms with E-state index in [0.29, 0.717) is 5.41 Å². The van der Waals surface area contributed by atoms with Crippen LogP contribution in [0.5, 0.6) is 0 Å². The van der Waals surface area contributed by atoms with E-state index >= 15 is 0 Å². The summed E-state index contributed by atoms with van der Waals surface area (Å²) in [5.41, 5.74) is 1.33. The van der Waals surface area contributed by atoms with Gasteiger partial charge in [-0.1, -0.05) is 34.6 Å². The van der Waals surface area contributed by atoms with Crippen molar-refractivity contribution < 1.29 is 0 Å². The highest BCUT2D eigenvalue weighted by atomic mass is 14.5. The van der Waals surface area contributed by atoms with Crippen LogP contribution in [0.25, 0.3) is 0 Å². The summed E-state index contributed by atoms with van der Waals surface area (Å²) in [6.07, 6.45) is 9.02. The lowest BCUT2D eigenvalue weighted by atomic mass is 9.82. The Balaban J connectivity index is 0.000000125. The molecule has 16 heavy (non-hydrogen) atoms. The largest absolute Gasteiger partial charge is 0.0599 e. The summed E-state index contributed by atoms with van der Waals surface area (Å²) in [7, 11) is 0. The van der Waals surface area contributed by atoms with Crippen molar-refractivity contribution in [2.75, 3.05) is 0 Å². The van der Waals surface area contributed by atoms with Gasteiger partial charge in [0.2, 0.25) is 0 Å².